The van der Waals surface area contributed by atoms with Crippen LogP contribution < -0.4 is 10.1 Å². The summed E-state index contributed by atoms with van der Waals surface area (Å²) in [6.45, 7) is 2.01. The molecule has 0 spiro atoms. The van der Waals surface area contributed by atoms with Gasteiger partial charge in [-0.15, -0.1) is 0 Å². The Morgan fingerprint density at radius 3 is 2.22 bits per heavy atom. The van der Waals surface area contributed by atoms with E-state index >= 15 is 0 Å². The van der Waals surface area contributed by atoms with Gasteiger partial charge >= 0.3 is 12.0 Å². The maximum atomic E-state index is 13.1. The fraction of sp³-hybridized carbons (Fsp3) is 0.440. The Hall–Kier alpha value is -3.15. The first-order chi connectivity index (χ1) is 17.3. The molecule has 0 saturated carbocycles. The standard InChI is InChI=1S/C25H31N3O7S/c1-34-21-6-2-18(3-7-21)19-4-8-22(9-5-19)36(32,33)17-26-23-16-20(24(29)30)10-11-28(23)25(31)27-12-14-35-15-13-27/h2-9,20,23,26H,10-17H2,1H3,(H,29,30). The molecule has 0 radical (unpaired) electrons. The first-order valence-electron chi connectivity index (χ1n) is 11.9. The minimum atomic E-state index is -3.73. The van der Waals surface area contributed by atoms with Gasteiger partial charge < -0.3 is 24.4 Å². The molecule has 2 aromatic rings. The number of rotatable bonds is 7. The minimum Gasteiger partial charge on any atom is -0.497 e. The Labute approximate surface area is 210 Å². The predicted octanol–water partition coefficient (Wildman–Crippen LogP) is 2.26. The summed E-state index contributed by atoms with van der Waals surface area (Å²) in [6, 6.07) is 13.8. The number of piperidine rings is 1. The minimum absolute atomic E-state index is 0.136. The van der Waals surface area contributed by atoms with Gasteiger partial charge in [0.25, 0.3) is 0 Å². The van der Waals surface area contributed by atoms with Gasteiger partial charge in [-0.25, -0.2) is 13.2 Å². The van der Waals surface area contributed by atoms with Crippen LogP contribution in [0.3, 0.4) is 0 Å². The van der Waals surface area contributed by atoms with Crippen molar-refractivity contribution in [2.45, 2.75) is 23.9 Å². The number of sulfone groups is 1. The first kappa shape index (κ1) is 25.9. The van der Waals surface area contributed by atoms with Crippen molar-refractivity contribution in [3.8, 4) is 16.9 Å². The number of amides is 2. The molecule has 2 fully saturated rings. The number of morpholine rings is 1. The van der Waals surface area contributed by atoms with E-state index in [0.717, 1.165) is 16.9 Å². The third kappa shape index (κ3) is 5.97. The van der Waals surface area contributed by atoms with Crippen molar-refractivity contribution in [2.75, 3.05) is 45.8 Å². The van der Waals surface area contributed by atoms with Crippen LogP contribution >= 0.6 is 0 Å². The van der Waals surface area contributed by atoms with Crippen LogP contribution in [0.15, 0.2) is 53.4 Å². The summed E-state index contributed by atoms with van der Waals surface area (Å²) in [6.07, 6.45) is -0.246. The van der Waals surface area contributed by atoms with Crippen molar-refractivity contribution in [3.05, 3.63) is 48.5 Å². The molecule has 194 valence electrons. The number of likely N-dealkylation sites (tertiary alicyclic amines) is 1. The summed E-state index contributed by atoms with van der Waals surface area (Å²) in [4.78, 5) is 28.1. The highest BCUT2D eigenvalue weighted by molar-refractivity contribution is 7.91. The van der Waals surface area contributed by atoms with Gasteiger partial charge in [0.2, 0.25) is 0 Å². The highest BCUT2D eigenvalue weighted by Gasteiger charge is 2.37. The van der Waals surface area contributed by atoms with E-state index in [2.05, 4.69) is 5.32 Å². The molecule has 0 aromatic heterocycles. The number of carbonyl (C=O) groups is 2. The van der Waals surface area contributed by atoms with Gasteiger partial charge in [0.05, 0.1) is 37.3 Å². The maximum Gasteiger partial charge on any atom is 0.321 e. The molecule has 0 aliphatic carbocycles. The molecule has 2 aliphatic heterocycles. The van der Waals surface area contributed by atoms with Gasteiger partial charge in [-0.05, 0) is 48.2 Å². The molecule has 36 heavy (non-hydrogen) atoms. The molecule has 2 atom stereocenters. The molecular formula is C25H31N3O7S. The summed E-state index contributed by atoms with van der Waals surface area (Å²) in [5.41, 5.74) is 1.79. The summed E-state index contributed by atoms with van der Waals surface area (Å²) >= 11 is 0. The summed E-state index contributed by atoms with van der Waals surface area (Å²) in [5.74, 6) is -1.28. The summed E-state index contributed by atoms with van der Waals surface area (Å²) in [7, 11) is -2.14. The number of hydrogen-bond acceptors (Lipinski definition) is 7. The third-order valence-electron chi connectivity index (χ3n) is 6.62. The van der Waals surface area contributed by atoms with Crippen molar-refractivity contribution >= 4 is 21.8 Å². The van der Waals surface area contributed by atoms with Crippen molar-refractivity contribution < 1.29 is 32.6 Å². The van der Waals surface area contributed by atoms with Crippen LogP contribution in [0.5, 0.6) is 5.75 Å². The second-order valence-electron chi connectivity index (χ2n) is 8.87. The van der Waals surface area contributed by atoms with Gasteiger partial charge in [0.15, 0.2) is 9.84 Å². The number of carbonyl (C=O) groups excluding carboxylic acids is 1. The number of carboxylic acid groups (broad SMARTS) is 1. The molecule has 2 heterocycles. The average molecular weight is 518 g/mol. The summed E-state index contributed by atoms with van der Waals surface area (Å²) in [5, 5.41) is 12.5. The third-order valence-corrected chi connectivity index (χ3v) is 8.16. The molecule has 2 aliphatic rings. The van der Waals surface area contributed by atoms with Gasteiger partial charge in [-0.1, -0.05) is 24.3 Å². The smallest absolute Gasteiger partial charge is 0.321 e. The van der Waals surface area contributed by atoms with E-state index in [1.165, 1.54) is 0 Å². The fourth-order valence-corrected chi connectivity index (χ4v) is 5.61. The number of benzene rings is 2. The van der Waals surface area contributed by atoms with E-state index in [1.54, 1.807) is 41.2 Å². The van der Waals surface area contributed by atoms with Crippen LogP contribution in [0.1, 0.15) is 12.8 Å². The van der Waals surface area contributed by atoms with E-state index in [9.17, 15) is 23.1 Å². The zero-order chi connectivity index (χ0) is 25.7. The van der Waals surface area contributed by atoms with Crippen molar-refractivity contribution in [1.29, 1.82) is 0 Å². The normalized spacial score (nSPS) is 20.7. The lowest BCUT2D eigenvalue weighted by Crippen LogP contribution is -2.59. The number of methoxy groups -OCH3 is 1. The SMILES string of the molecule is COc1ccc(-c2ccc(S(=O)(=O)CNC3CC(C(=O)O)CCN3C(=O)N3CCOCC3)cc2)cc1. The molecule has 2 unspecified atom stereocenters. The second kappa shape index (κ2) is 11.3. The molecule has 0 bridgehead atoms. The zero-order valence-electron chi connectivity index (χ0n) is 20.1. The largest absolute Gasteiger partial charge is 0.497 e. The van der Waals surface area contributed by atoms with Crippen LogP contribution in [-0.2, 0) is 19.4 Å². The molecule has 2 amide bonds. The van der Waals surface area contributed by atoms with Crippen molar-refractivity contribution in [2.24, 2.45) is 5.92 Å². The number of nitrogens with one attached hydrogen (secondary N) is 1. The first-order valence-corrected chi connectivity index (χ1v) is 13.5. The Balaban J connectivity index is 1.45. The highest BCUT2D eigenvalue weighted by Crippen LogP contribution is 2.26. The van der Waals surface area contributed by atoms with Crippen LogP contribution in [0.25, 0.3) is 11.1 Å². The maximum absolute atomic E-state index is 13.1. The Morgan fingerprint density at radius 2 is 1.64 bits per heavy atom. The highest BCUT2D eigenvalue weighted by atomic mass is 32.2. The summed E-state index contributed by atoms with van der Waals surface area (Å²) < 4.78 is 36.6. The monoisotopic (exact) mass is 517 g/mol. The van der Waals surface area contributed by atoms with Gasteiger partial charge in [-0.3, -0.25) is 10.1 Å². The van der Waals surface area contributed by atoms with Gasteiger partial charge in [0.1, 0.15) is 11.6 Å². The molecule has 11 heteroatoms. The second-order valence-corrected chi connectivity index (χ2v) is 10.9. The van der Waals surface area contributed by atoms with Crippen molar-refractivity contribution in [3.63, 3.8) is 0 Å². The number of urea groups is 1. The van der Waals surface area contributed by atoms with Crippen LogP contribution in [0.2, 0.25) is 0 Å². The zero-order valence-corrected chi connectivity index (χ0v) is 20.9. The lowest BCUT2D eigenvalue weighted by molar-refractivity contribution is -0.144. The lowest BCUT2D eigenvalue weighted by atomic mass is 9.94. The number of aliphatic carboxylic acids is 1. The number of hydrogen-bond donors (Lipinski definition) is 2. The number of nitrogens with zero attached hydrogens (tertiary/aromatic N) is 2. The molecule has 4 rings (SSSR count). The average Bonchev–Trinajstić information content (AvgIpc) is 2.92. The van der Waals surface area contributed by atoms with E-state index in [1.807, 2.05) is 24.3 Å². The lowest BCUT2D eigenvalue weighted by Gasteiger charge is -2.41. The van der Waals surface area contributed by atoms with E-state index < -0.39 is 33.8 Å². The van der Waals surface area contributed by atoms with E-state index in [-0.39, 0.29) is 23.9 Å². The Morgan fingerprint density at radius 1 is 1.03 bits per heavy atom. The predicted molar refractivity (Wildman–Crippen MR) is 132 cm³/mol. The number of carboxylic acids is 1. The Bertz CT molecular complexity index is 1160. The fourth-order valence-electron chi connectivity index (χ4n) is 4.48. The molecule has 2 N–H and O–H groups in total. The van der Waals surface area contributed by atoms with Crippen LogP contribution in [0, 0.1) is 5.92 Å². The van der Waals surface area contributed by atoms with Crippen LogP contribution in [0.4, 0.5) is 4.79 Å². The topological polar surface area (TPSA) is 125 Å². The molecule has 10 nitrogen and oxygen atoms in total. The molecule has 2 aromatic carbocycles. The van der Waals surface area contributed by atoms with Gasteiger partial charge in [-0.2, -0.15) is 0 Å². The Kier molecular flexibility index (Phi) is 8.12. The van der Waals surface area contributed by atoms with Crippen LogP contribution in [-0.4, -0.2) is 87.3 Å². The quantitative estimate of drug-likeness (QED) is 0.573. The van der Waals surface area contributed by atoms with E-state index in [4.69, 9.17) is 9.47 Å². The van der Waals surface area contributed by atoms with Gasteiger partial charge in [0, 0.05) is 19.6 Å². The molecule has 2 saturated heterocycles. The number of ether oxygens (including phenoxy) is 2. The van der Waals surface area contributed by atoms with Crippen molar-refractivity contribution in [1.82, 2.24) is 15.1 Å². The van der Waals surface area contributed by atoms with E-state index in [0.29, 0.717) is 32.7 Å². The molecular weight excluding hydrogens is 486 g/mol.